The van der Waals surface area contributed by atoms with Crippen LogP contribution in [0, 0.1) is 0 Å². The Morgan fingerprint density at radius 1 is 1.33 bits per heavy atom. The maximum absolute atomic E-state index is 11.8. The zero-order valence-corrected chi connectivity index (χ0v) is 10.2. The molecule has 0 radical (unpaired) electrons. The van der Waals surface area contributed by atoms with Crippen molar-refractivity contribution < 1.29 is 4.79 Å². The van der Waals surface area contributed by atoms with E-state index in [1.54, 1.807) is 0 Å². The highest BCUT2D eigenvalue weighted by atomic mass is 16.2. The first-order chi connectivity index (χ1) is 8.58. The standard InChI is InChI=1S/C12H14N4O2/c1-7(2)8-5-3-4-6-9(8)13-11(17)10-14-12(18)16-15-10/h3-7H,1-2H3,(H,13,17)(H2,14,15,16,18). The number of benzene rings is 1. The molecule has 0 saturated heterocycles. The maximum Gasteiger partial charge on any atom is 0.341 e. The van der Waals surface area contributed by atoms with E-state index >= 15 is 0 Å². The van der Waals surface area contributed by atoms with E-state index in [1.165, 1.54) is 0 Å². The van der Waals surface area contributed by atoms with Crippen LogP contribution < -0.4 is 11.0 Å². The van der Waals surface area contributed by atoms with Crippen molar-refractivity contribution >= 4 is 11.6 Å². The molecule has 0 unspecified atom stereocenters. The second-order valence-electron chi connectivity index (χ2n) is 4.22. The molecule has 0 atom stereocenters. The molecule has 2 aromatic rings. The molecule has 6 nitrogen and oxygen atoms in total. The Kier molecular flexibility index (Phi) is 3.27. The smallest absolute Gasteiger partial charge is 0.319 e. The van der Waals surface area contributed by atoms with E-state index < -0.39 is 11.6 Å². The summed E-state index contributed by atoms with van der Waals surface area (Å²) in [6, 6.07) is 7.53. The average molecular weight is 246 g/mol. The number of amides is 1. The fourth-order valence-electron chi connectivity index (χ4n) is 1.67. The van der Waals surface area contributed by atoms with Crippen molar-refractivity contribution in [2.45, 2.75) is 19.8 Å². The predicted molar refractivity (Wildman–Crippen MR) is 67.7 cm³/mol. The SMILES string of the molecule is CC(C)c1ccccc1NC(=O)c1n[nH]c(=O)[nH]1. The number of rotatable bonds is 3. The summed E-state index contributed by atoms with van der Waals surface area (Å²) in [7, 11) is 0. The third kappa shape index (κ3) is 2.48. The fraction of sp³-hybridized carbons (Fsp3) is 0.250. The molecule has 6 heteroatoms. The van der Waals surface area contributed by atoms with Gasteiger partial charge in [0.15, 0.2) is 0 Å². The number of carbonyl (C=O) groups is 1. The first-order valence-corrected chi connectivity index (χ1v) is 5.63. The summed E-state index contributed by atoms with van der Waals surface area (Å²) >= 11 is 0. The Morgan fingerprint density at radius 3 is 2.67 bits per heavy atom. The van der Waals surface area contributed by atoms with E-state index in [4.69, 9.17) is 0 Å². The number of hydrogen-bond donors (Lipinski definition) is 3. The zero-order valence-electron chi connectivity index (χ0n) is 10.2. The third-order valence-electron chi connectivity index (χ3n) is 2.55. The summed E-state index contributed by atoms with van der Waals surface area (Å²) < 4.78 is 0. The van der Waals surface area contributed by atoms with Crippen LogP contribution in [-0.2, 0) is 0 Å². The van der Waals surface area contributed by atoms with Crippen molar-refractivity contribution in [2.75, 3.05) is 5.32 Å². The largest absolute Gasteiger partial charge is 0.341 e. The van der Waals surface area contributed by atoms with Crippen LogP contribution >= 0.6 is 0 Å². The minimum absolute atomic E-state index is 0.0291. The van der Waals surface area contributed by atoms with Gasteiger partial charge in [-0.3, -0.25) is 9.78 Å². The molecule has 0 spiro atoms. The third-order valence-corrected chi connectivity index (χ3v) is 2.55. The summed E-state index contributed by atoms with van der Waals surface area (Å²) in [5, 5.41) is 8.46. The van der Waals surface area contributed by atoms with Gasteiger partial charge in [0.2, 0.25) is 5.82 Å². The number of para-hydroxylation sites is 1. The quantitative estimate of drug-likeness (QED) is 0.766. The first-order valence-electron chi connectivity index (χ1n) is 5.63. The van der Waals surface area contributed by atoms with Gasteiger partial charge in [-0.05, 0) is 17.5 Å². The van der Waals surface area contributed by atoms with E-state index in [9.17, 15) is 9.59 Å². The van der Waals surface area contributed by atoms with Gasteiger partial charge in [0.1, 0.15) is 0 Å². The van der Waals surface area contributed by atoms with Crippen LogP contribution in [-0.4, -0.2) is 21.1 Å². The highest BCUT2D eigenvalue weighted by Gasteiger charge is 2.13. The van der Waals surface area contributed by atoms with Crippen LogP contribution in [0.3, 0.4) is 0 Å². The second-order valence-corrected chi connectivity index (χ2v) is 4.22. The van der Waals surface area contributed by atoms with Gasteiger partial charge < -0.3 is 5.32 Å². The lowest BCUT2D eigenvalue weighted by Gasteiger charge is -2.12. The normalized spacial score (nSPS) is 10.6. The molecule has 1 aromatic carbocycles. The van der Waals surface area contributed by atoms with Crippen LogP contribution in [0.2, 0.25) is 0 Å². The lowest BCUT2D eigenvalue weighted by molar-refractivity contribution is 0.101. The molecule has 2 rings (SSSR count). The van der Waals surface area contributed by atoms with Crippen LogP contribution in [0.5, 0.6) is 0 Å². The Labute approximate surface area is 103 Å². The van der Waals surface area contributed by atoms with E-state index in [1.807, 2.05) is 38.1 Å². The molecule has 94 valence electrons. The number of carbonyl (C=O) groups excluding carboxylic acids is 1. The topological polar surface area (TPSA) is 90.6 Å². The number of aromatic amines is 2. The molecule has 0 aliphatic heterocycles. The molecule has 0 bridgehead atoms. The highest BCUT2D eigenvalue weighted by molar-refractivity contribution is 6.01. The summed E-state index contributed by atoms with van der Waals surface area (Å²) in [6.07, 6.45) is 0. The zero-order chi connectivity index (χ0) is 13.1. The minimum Gasteiger partial charge on any atom is -0.319 e. The number of hydrogen-bond acceptors (Lipinski definition) is 3. The van der Waals surface area contributed by atoms with Crippen molar-refractivity contribution in [3.8, 4) is 0 Å². The highest BCUT2D eigenvalue weighted by Crippen LogP contribution is 2.23. The summed E-state index contributed by atoms with van der Waals surface area (Å²) in [5.74, 6) is -0.181. The molecule has 0 aliphatic rings. The van der Waals surface area contributed by atoms with Crippen molar-refractivity contribution in [1.82, 2.24) is 15.2 Å². The van der Waals surface area contributed by atoms with Gasteiger partial charge in [0.05, 0.1) is 0 Å². The van der Waals surface area contributed by atoms with Crippen LogP contribution in [0.15, 0.2) is 29.1 Å². The van der Waals surface area contributed by atoms with Crippen LogP contribution in [0.25, 0.3) is 0 Å². The van der Waals surface area contributed by atoms with Gasteiger partial charge in [-0.15, -0.1) is 5.10 Å². The first kappa shape index (κ1) is 12.1. The Morgan fingerprint density at radius 2 is 2.06 bits per heavy atom. The van der Waals surface area contributed by atoms with Gasteiger partial charge in [0.25, 0.3) is 5.91 Å². The van der Waals surface area contributed by atoms with E-state index in [0.29, 0.717) is 5.92 Å². The molecular weight excluding hydrogens is 232 g/mol. The number of nitrogens with zero attached hydrogens (tertiary/aromatic N) is 1. The van der Waals surface area contributed by atoms with Crippen molar-refractivity contribution in [3.05, 3.63) is 46.1 Å². The van der Waals surface area contributed by atoms with Gasteiger partial charge in [0, 0.05) is 5.69 Å². The molecule has 18 heavy (non-hydrogen) atoms. The number of anilines is 1. The Bertz CT molecular complexity index is 612. The molecule has 0 fully saturated rings. The Balaban J connectivity index is 2.24. The average Bonchev–Trinajstić information content (AvgIpc) is 2.76. The molecule has 1 aromatic heterocycles. The number of nitrogens with one attached hydrogen (secondary N) is 3. The fourth-order valence-corrected chi connectivity index (χ4v) is 1.67. The monoisotopic (exact) mass is 246 g/mol. The van der Waals surface area contributed by atoms with Crippen LogP contribution in [0.4, 0.5) is 5.69 Å². The summed E-state index contributed by atoms with van der Waals surface area (Å²) in [5.41, 5.74) is 1.25. The predicted octanol–water partition coefficient (Wildman–Crippen LogP) is 1.47. The van der Waals surface area contributed by atoms with Crippen molar-refractivity contribution in [1.29, 1.82) is 0 Å². The lowest BCUT2D eigenvalue weighted by Crippen LogP contribution is -2.16. The van der Waals surface area contributed by atoms with Gasteiger partial charge in [-0.25, -0.2) is 9.89 Å². The van der Waals surface area contributed by atoms with Crippen LogP contribution in [0.1, 0.15) is 35.9 Å². The van der Waals surface area contributed by atoms with Gasteiger partial charge >= 0.3 is 5.69 Å². The molecule has 0 saturated carbocycles. The number of aromatic nitrogens is 3. The van der Waals surface area contributed by atoms with E-state index in [-0.39, 0.29) is 5.82 Å². The Hall–Kier alpha value is -2.37. The number of H-pyrrole nitrogens is 2. The maximum atomic E-state index is 11.8. The van der Waals surface area contributed by atoms with Gasteiger partial charge in [-0.1, -0.05) is 32.0 Å². The molecule has 1 amide bonds. The van der Waals surface area contributed by atoms with Crippen molar-refractivity contribution in [3.63, 3.8) is 0 Å². The molecule has 0 aliphatic carbocycles. The van der Waals surface area contributed by atoms with E-state index in [2.05, 4.69) is 20.5 Å². The van der Waals surface area contributed by atoms with E-state index in [0.717, 1.165) is 11.3 Å². The second kappa shape index (κ2) is 4.87. The molecular formula is C12H14N4O2. The van der Waals surface area contributed by atoms with Gasteiger partial charge in [-0.2, -0.15) is 0 Å². The minimum atomic E-state index is -0.503. The lowest BCUT2D eigenvalue weighted by atomic mass is 10.0. The summed E-state index contributed by atoms with van der Waals surface area (Å²) in [6.45, 7) is 4.09. The van der Waals surface area contributed by atoms with Crippen molar-refractivity contribution in [2.24, 2.45) is 0 Å². The molecule has 3 N–H and O–H groups in total. The summed E-state index contributed by atoms with van der Waals surface area (Å²) in [4.78, 5) is 25.0. The molecule has 1 heterocycles.